The second-order valence-corrected chi connectivity index (χ2v) is 26.5. The maximum absolute atomic E-state index is 12.9. The molecule has 3 unspecified atom stereocenters. The van der Waals surface area contributed by atoms with Crippen LogP contribution in [0.25, 0.3) is 10.8 Å². The second kappa shape index (κ2) is 32.3. The van der Waals surface area contributed by atoms with Crippen LogP contribution in [0.4, 0.5) is 11.4 Å². The maximum Gasteiger partial charge on any atom is 0.361 e. The molecule has 0 aliphatic rings. The van der Waals surface area contributed by atoms with Crippen molar-refractivity contribution in [1.29, 1.82) is 0 Å². The SMILES string of the molecule is CS(=O)(=O)Oc1cccc(OS(C)(=O)=O)c1OS(C)(=O)=O.Cc1ccc(OS(=O)OC(C(=O)c2ccccc2)c2ccccc2)cc1.Cc1ccc(OS(=O)OCc2c([N+](=O)[O-])cccc2[N+](=O)[O-])cc1.O=S(=O)(Oc1ccccc1)c1ccc2ccccc2c1. The van der Waals surface area contributed by atoms with Crippen molar-refractivity contribution in [1.82, 2.24) is 0 Å². The standard InChI is InChI=1S/C21H18O4S.C16H12O3S.C14H12N2O7S.C9H12O9S3/c1-16-12-14-19(15-13-16)24-26(23)25-21(18-10-6-3-7-11-18)20(22)17-8-4-2-5-9-17;17-20(18,19-15-8-2-1-3-9-15)16-11-10-13-6-4-5-7-14(13)12-16;1-10-5-7-11(8-6-10)23-24(21)22-9-12-13(15(17)18)3-2-4-14(12)16(19)20;1-19(10,11)16-7-5-4-6-8(17-20(2,12)13)9(7)18-21(3,14)15/h2-15,21H,1H3;1-12H;2-8H,9H2,1H3;4-6H,1-3H3. The van der Waals surface area contributed by atoms with E-state index in [1.54, 1.807) is 133 Å². The first-order valence-electron chi connectivity index (χ1n) is 25.9. The molecule has 0 aliphatic heterocycles. The molecule has 0 saturated heterocycles. The van der Waals surface area contributed by atoms with E-state index in [1.807, 2.05) is 62.4 Å². The maximum atomic E-state index is 12.9. The number of aryl methyl sites for hydroxylation is 2. The number of fused-ring (bicyclic) bond motifs is 1. The van der Waals surface area contributed by atoms with Crippen molar-refractivity contribution >= 4 is 91.1 Å². The van der Waals surface area contributed by atoms with E-state index in [4.69, 9.17) is 20.9 Å². The molecule has 3 atom stereocenters. The van der Waals surface area contributed by atoms with Gasteiger partial charge in [-0.05, 0) is 96.9 Å². The topological polar surface area (TPSA) is 348 Å². The first-order valence-corrected chi connectivity index (χ1v) is 34.8. The first-order chi connectivity index (χ1) is 42.9. The summed E-state index contributed by atoms with van der Waals surface area (Å²) in [7, 11) is -15.9. The van der Waals surface area contributed by atoms with E-state index in [0.29, 0.717) is 28.9 Å². The van der Waals surface area contributed by atoms with Crippen LogP contribution in [0.1, 0.15) is 38.7 Å². The highest BCUT2D eigenvalue weighted by atomic mass is 32.2. The van der Waals surface area contributed by atoms with E-state index in [-0.39, 0.29) is 22.0 Å². The third-order valence-electron chi connectivity index (χ3n) is 11.4. The van der Waals surface area contributed by atoms with Gasteiger partial charge in [-0.1, -0.05) is 151 Å². The van der Waals surface area contributed by atoms with Crippen LogP contribution >= 0.6 is 0 Å². The molecule has 0 radical (unpaired) electrons. The lowest BCUT2D eigenvalue weighted by atomic mass is 10.0. The normalized spacial score (nSPS) is 12.2. The highest BCUT2D eigenvalue weighted by Gasteiger charge is 2.28. The highest BCUT2D eigenvalue weighted by molar-refractivity contribution is 7.87. The summed E-state index contributed by atoms with van der Waals surface area (Å²) in [5.41, 5.74) is 1.87. The Bertz CT molecular complexity index is 4430. The highest BCUT2D eigenvalue weighted by Crippen LogP contribution is 2.39. The van der Waals surface area contributed by atoms with Gasteiger partial charge in [0.1, 0.15) is 34.3 Å². The van der Waals surface area contributed by atoms with Crippen LogP contribution < -0.4 is 25.1 Å². The Morgan fingerprint density at radius 2 is 0.912 bits per heavy atom. The molecule has 9 aromatic rings. The molecule has 91 heavy (non-hydrogen) atoms. The van der Waals surface area contributed by atoms with E-state index >= 15 is 0 Å². The minimum absolute atomic E-state index is 0.153. The quantitative estimate of drug-likeness (QED) is 0.0248. The molecule has 0 amide bonds. The van der Waals surface area contributed by atoms with Crippen LogP contribution in [0.2, 0.25) is 0 Å². The van der Waals surface area contributed by atoms with E-state index < -0.39 is 114 Å². The molecule has 9 rings (SSSR count). The van der Waals surface area contributed by atoms with E-state index in [1.165, 1.54) is 12.1 Å². The largest absolute Gasteiger partial charge is 0.380 e. The predicted octanol–water partition coefficient (Wildman–Crippen LogP) is 10.9. The van der Waals surface area contributed by atoms with E-state index in [0.717, 1.165) is 58.7 Å². The molecule has 0 saturated carbocycles. The van der Waals surface area contributed by atoms with Crippen molar-refractivity contribution in [3.05, 3.63) is 266 Å². The number of nitro benzene ring substituents is 2. The molecule has 0 N–H and O–H groups in total. The zero-order chi connectivity index (χ0) is 66.5. The predicted molar refractivity (Wildman–Crippen MR) is 337 cm³/mol. The van der Waals surface area contributed by atoms with Gasteiger partial charge in [0.05, 0.1) is 28.6 Å². The number of para-hydroxylation sites is 2. The summed E-state index contributed by atoms with van der Waals surface area (Å²) in [6.45, 7) is 3.21. The summed E-state index contributed by atoms with van der Waals surface area (Å²) in [6.07, 6.45) is 1.11. The molecule has 0 fully saturated rings. The van der Waals surface area contributed by atoms with Gasteiger partial charge >= 0.3 is 63.2 Å². The summed E-state index contributed by atoms with van der Waals surface area (Å²) >= 11 is -4.39. The first kappa shape index (κ1) is 70.6. The van der Waals surface area contributed by atoms with Gasteiger partial charge in [0, 0.05) is 17.7 Å². The van der Waals surface area contributed by atoms with Crippen molar-refractivity contribution < 1.29 is 90.2 Å². The Balaban J connectivity index is 0.000000194. The number of rotatable bonds is 23. The molecule has 25 nitrogen and oxygen atoms in total. The molecule has 0 aromatic heterocycles. The van der Waals surface area contributed by atoms with Crippen LogP contribution in [0.3, 0.4) is 0 Å². The number of carbonyl (C=O) groups is 1. The average Bonchev–Trinajstić information content (AvgIpc) is 3.59. The third-order valence-corrected chi connectivity index (χ3v) is 15.4. The van der Waals surface area contributed by atoms with Gasteiger partial charge in [-0.3, -0.25) is 29.2 Å². The summed E-state index contributed by atoms with van der Waals surface area (Å²) < 4.78 is 155. The summed E-state index contributed by atoms with van der Waals surface area (Å²) in [5.74, 6) is -1.02. The second-order valence-electron chi connectivity index (χ2n) is 18.7. The Morgan fingerprint density at radius 3 is 1.40 bits per heavy atom. The van der Waals surface area contributed by atoms with Crippen LogP contribution in [-0.2, 0) is 78.2 Å². The minimum Gasteiger partial charge on any atom is -0.380 e. The lowest BCUT2D eigenvalue weighted by Crippen LogP contribution is -2.19. The summed E-state index contributed by atoms with van der Waals surface area (Å²) in [4.78, 5) is 33.4. The van der Waals surface area contributed by atoms with Crippen molar-refractivity contribution in [2.24, 2.45) is 0 Å². The fraction of sp³-hybridized carbons (Fsp3) is 0.117. The smallest absolute Gasteiger partial charge is 0.361 e. The van der Waals surface area contributed by atoms with E-state index in [2.05, 4.69) is 12.5 Å². The zero-order valence-corrected chi connectivity index (χ0v) is 53.2. The monoisotopic (exact) mass is 1360 g/mol. The molecule has 0 aliphatic carbocycles. The van der Waals surface area contributed by atoms with Gasteiger partial charge in [-0.25, -0.2) is 4.18 Å². The Labute approximate surface area is 529 Å². The number of ketones is 1. The Morgan fingerprint density at radius 1 is 0.473 bits per heavy atom. The fourth-order valence-corrected chi connectivity index (χ4v) is 11.0. The number of nitro groups is 2. The fourth-order valence-electron chi connectivity index (χ4n) is 7.42. The minimum atomic E-state index is -4.08. The van der Waals surface area contributed by atoms with Gasteiger partial charge in [0.15, 0.2) is 23.4 Å². The number of nitrogens with zero attached hydrogens (tertiary/aromatic N) is 2. The van der Waals surface area contributed by atoms with Crippen LogP contribution in [0.15, 0.2) is 223 Å². The zero-order valence-electron chi connectivity index (χ0n) is 48.3. The lowest BCUT2D eigenvalue weighted by Gasteiger charge is -2.16. The number of benzene rings is 9. The molecular formula is C60H54N2O23S6. The summed E-state index contributed by atoms with van der Waals surface area (Å²) in [5, 5.41) is 23.8. The molecule has 0 spiro atoms. The van der Waals surface area contributed by atoms with Crippen LogP contribution in [-0.4, -0.2) is 76.5 Å². The Hall–Kier alpha value is -9.47. The third kappa shape index (κ3) is 23.4. The molecule has 31 heteroatoms. The lowest BCUT2D eigenvalue weighted by molar-refractivity contribution is -0.396. The molecule has 9 aromatic carbocycles. The van der Waals surface area contributed by atoms with E-state index in [9.17, 15) is 67.1 Å². The van der Waals surface area contributed by atoms with Gasteiger partial charge in [0.2, 0.25) is 5.75 Å². The number of hydrogen-bond donors (Lipinski definition) is 0. The van der Waals surface area contributed by atoms with Gasteiger partial charge in [-0.2, -0.15) is 42.1 Å². The van der Waals surface area contributed by atoms with Crippen molar-refractivity contribution in [2.75, 3.05) is 18.8 Å². The molecule has 0 bridgehead atoms. The van der Waals surface area contributed by atoms with Gasteiger partial charge in [-0.15, -0.1) is 0 Å². The molecule has 0 heterocycles. The number of Topliss-reactive ketones (excluding diaryl/α,β-unsaturated/α-hetero) is 1. The van der Waals surface area contributed by atoms with Gasteiger partial charge in [0.25, 0.3) is 11.4 Å². The van der Waals surface area contributed by atoms with Gasteiger partial charge < -0.3 is 25.1 Å². The molecule has 478 valence electrons. The average molecular weight is 1360 g/mol. The van der Waals surface area contributed by atoms with Crippen LogP contribution in [0, 0.1) is 34.1 Å². The van der Waals surface area contributed by atoms with Crippen LogP contribution in [0.5, 0.6) is 34.5 Å². The number of carbonyl (C=O) groups excluding carboxylic acids is 1. The molecular weight excluding hydrogens is 1310 g/mol. The summed E-state index contributed by atoms with van der Waals surface area (Å²) in [6, 6.07) is 59.2. The van der Waals surface area contributed by atoms with Crippen molar-refractivity contribution in [3.8, 4) is 34.5 Å². The van der Waals surface area contributed by atoms with Crippen molar-refractivity contribution in [3.63, 3.8) is 0 Å². The van der Waals surface area contributed by atoms with Crippen molar-refractivity contribution in [2.45, 2.75) is 31.5 Å². The number of hydrogen-bond acceptors (Lipinski definition) is 23. The Kier molecular flexibility index (Phi) is 25.1.